The molecule has 1 aromatic carbocycles. The van der Waals surface area contributed by atoms with E-state index < -0.39 is 0 Å². The van der Waals surface area contributed by atoms with Gasteiger partial charge in [0.15, 0.2) is 0 Å². The van der Waals surface area contributed by atoms with E-state index in [4.69, 9.17) is 11.1 Å². The van der Waals surface area contributed by atoms with Crippen LogP contribution in [0.5, 0.6) is 0 Å². The first-order valence-electron chi connectivity index (χ1n) is 5.47. The fraction of sp³-hybridized carbons (Fsp3) is 0.417. The van der Waals surface area contributed by atoms with Gasteiger partial charge in [0, 0.05) is 28.8 Å². The van der Waals surface area contributed by atoms with Crippen LogP contribution in [-0.4, -0.2) is 18.9 Å². The molecular formula is C12H16BrN3. The van der Waals surface area contributed by atoms with E-state index in [1.165, 1.54) is 12.1 Å². The van der Waals surface area contributed by atoms with E-state index in [1.54, 1.807) is 0 Å². The van der Waals surface area contributed by atoms with Crippen molar-refractivity contribution in [2.45, 2.75) is 13.3 Å². The van der Waals surface area contributed by atoms with E-state index >= 15 is 0 Å². The lowest BCUT2D eigenvalue weighted by Crippen LogP contribution is -2.19. The molecule has 1 aliphatic rings. The Morgan fingerprint density at radius 2 is 2.31 bits per heavy atom. The van der Waals surface area contributed by atoms with Crippen LogP contribution in [0, 0.1) is 11.3 Å². The van der Waals surface area contributed by atoms with Crippen molar-refractivity contribution in [2.75, 3.05) is 18.0 Å². The van der Waals surface area contributed by atoms with E-state index in [-0.39, 0.29) is 5.84 Å². The summed E-state index contributed by atoms with van der Waals surface area (Å²) in [7, 11) is 0. The number of hydrogen-bond acceptors (Lipinski definition) is 2. The molecule has 0 aliphatic carbocycles. The zero-order valence-electron chi connectivity index (χ0n) is 9.33. The Bertz CT molecular complexity index is 417. The first-order valence-corrected chi connectivity index (χ1v) is 6.26. The molecule has 16 heavy (non-hydrogen) atoms. The largest absolute Gasteiger partial charge is 0.384 e. The van der Waals surface area contributed by atoms with Gasteiger partial charge in [-0.1, -0.05) is 6.92 Å². The van der Waals surface area contributed by atoms with Crippen LogP contribution in [0.1, 0.15) is 18.9 Å². The van der Waals surface area contributed by atoms with E-state index in [9.17, 15) is 0 Å². The minimum atomic E-state index is 0.105. The third-order valence-corrected chi connectivity index (χ3v) is 3.69. The first kappa shape index (κ1) is 11.5. The standard InChI is InChI=1S/C12H16BrN3/c1-8-4-5-16(7-8)9-2-3-10(12(14)15)11(13)6-9/h2-3,6,8H,4-5,7H2,1H3,(H3,14,15). The van der Waals surface area contributed by atoms with E-state index in [0.717, 1.165) is 29.0 Å². The highest BCUT2D eigenvalue weighted by Gasteiger charge is 2.19. The molecule has 3 N–H and O–H groups in total. The summed E-state index contributed by atoms with van der Waals surface area (Å²) in [6, 6.07) is 6.00. The van der Waals surface area contributed by atoms with Gasteiger partial charge in [-0.3, -0.25) is 5.41 Å². The van der Waals surface area contributed by atoms with E-state index in [2.05, 4.69) is 33.8 Å². The van der Waals surface area contributed by atoms with Crippen LogP contribution in [0.25, 0.3) is 0 Å². The second-order valence-corrected chi connectivity index (χ2v) is 5.27. The summed E-state index contributed by atoms with van der Waals surface area (Å²) in [4.78, 5) is 2.37. The maximum Gasteiger partial charge on any atom is 0.123 e. The SMILES string of the molecule is CC1CCN(c2ccc(C(=N)N)c(Br)c2)C1. The molecule has 0 aromatic heterocycles. The number of rotatable bonds is 2. The topological polar surface area (TPSA) is 53.1 Å². The summed E-state index contributed by atoms with van der Waals surface area (Å²) in [5.74, 6) is 0.875. The number of anilines is 1. The zero-order chi connectivity index (χ0) is 11.7. The summed E-state index contributed by atoms with van der Waals surface area (Å²) >= 11 is 3.46. The van der Waals surface area contributed by atoms with Crippen molar-refractivity contribution in [2.24, 2.45) is 11.7 Å². The average Bonchev–Trinajstić information content (AvgIpc) is 2.64. The van der Waals surface area contributed by atoms with Gasteiger partial charge in [0.1, 0.15) is 5.84 Å². The highest BCUT2D eigenvalue weighted by molar-refractivity contribution is 9.10. The molecule has 1 atom stereocenters. The Balaban J connectivity index is 2.24. The Kier molecular flexibility index (Phi) is 3.19. The van der Waals surface area contributed by atoms with Crippen LogP contribution in [0.15, 0.2) is 22.7 Å². The van der Waals surface area contributed by atoms with Gasteiger partial charge < -0.3 is 10.6 Å². The lowest BCUT2D eigenvalue weighted by Gasteiger charge is -2.19. The molecule has 1 unspecified atom stereocenters. The van der Waals surface area contributed by atoms with Gasteiger partial charge in [-0.05, 0) is 46.5 Å². The molecular weight excluding hydrogens is 266 g/mol. The second kappa shape index (κ2) is 4.45. The van der Waals surface area contributed by atoms with Gasteiger partial charge in [0.25, 0.3) is 0 Å². The molecule has 0 spiro atoms. The number of amidine groups is 1. The average molecular weight is 282 g/mol. The van der Waals surface area contributed by atoms with Crippen molar-refractivity contribution in [3.63, 3.8) is 0 Å². The quantitative estimate of drug-likeness (QED) is 0.647. The molecule has 0 bridgehead atoms. The third kappa shape index (κ3) is 2.21. The van der Waals surface area contributed by atoms with Crippen LogP contribution in [0.3, 0.4) is 0 Å². The molecule has 86 valence electrons. The molecule has 3 nitrogen and oxygen atoms in total. The molecule has 0 radical (unpaired) electrons. The Hall–Kier alpha value is -1.03. The lowest BCUT2D eigenvalue weighted by atomic mass is 10.1. The number of nitrogens with zero attached hydrogens (tertiary/aromatic N) is 1. The smallest absolute Gasteiger partial charge is 0.123 e. The Morgan fingerprint density at radius 3 is 2.81 bits per heavy atom. The van der Waals surface area contributed by atoms with Crippen molar-refractivity contribution in [1.29, 1.82) is 5.41 Å². The number of nitrogen functional groups attached to an aromatic ring is 1. The molecule has 4 heteroatoms. The summed E-state index contributed by atoms with van der Waals surface area (Å²) < 4.78 is 0.900. The number of hydrogen-bond donors (Lipinski definition) is 2. The second-order valence-electron chi connectivity index (χ2n) is 4.42. The summed E-state index contributed by atoms with van der Waals surface area (Å²) in [6.07, 6.45) is 1.26. The van der Waals surface area contributed by atoms with Crippen LogP contribution in [0.4, 0.5) is 5.69 Å². The summed E-state index contributed by atoms with van der Waals surface area (Å²) in [5, 5.41) is 7.42. The highest BCUT2D eigenvalue weighted by atomic mass is 79.9. The fourth-order valence-corrected chi connectivity index (χ4v) is 2.67. The molecule has 1 aliphatic heterocycles. The first-order chi connectivity index (χ1) is 7.58. The number of halogens is 1. The van der Waals surface area contributed by atoms with Crippen LogP contribution < -0.4 is 10.6 Å². The minimum absolute atomic E-state index is 0.105. The van der Waals surface area contributed by atoms with Crippen LogP contribution in [-0.2, 0) is 0 Å². The van der Waals surface area contributed by atoms with Gasteiger partial charge in [0.05, 0.1) is 0 Å². The number of benzene rings is 1. The van der Waals surface area contributed by atoms with Gasteiger partial charge >= 0.3 is 0 Å². The molecule has 0 amide bonds. The third-order valence-electron chi connectivity index (χ3n) is 3.03. The highest BCUT2D eigenvalue weighted by Crippen LogP contribution is 2.28. The van der Waals surface area contributed by atoms with Crippen molar-refractivity contribution in [3.8, 4) is 0 Å². The number of nitrogens with two attached hydrogens (primary N) is 1. The van der Waals surface area contributed by atoms with Crippen molar-refractivity contribution in [1.82, 2.24) is 0 Å². The Labute approximate surface area is 104 Å². The van der Waals surface area contributed by atoms with Gasteiger partial charge in [-0.15, -0.1) is 0 Å². The maximum absolute atomic E-state index is 7.42. The van der Waals surface area contributed by atoms with Crippen molar-refractivity contribution < 1.29 is 0 Å². The molecule has 1 fully saturated rings. The summed E-state index contributed by atoms with van der Waals surface area (Å²) in [5.41, 5.74) is 7.45. The predicted molar refractivity (Wildman–Crippen MR) is 71.2 cm³/mol. The van der Waals surface area contributed by atoms with Crippen molar-refractivity contribution in [3.05, 3.63) is 28.2 Å². The molecule has 1 aromatic rings. The molecule has 1 saturated heterocycles. The Morgan fingerprint density at radius 1 is 1.56 bits per heavy atom. The van der Waals surface area contributed by atoms with Gasteiger partial charge in [0.2, 0.25) is 0 Å². The van der Waals surface area contributed by atoms with Crippen molar-refractivity contribution >= 4 is 27.5 Å². The molecule has 1 heterocycles. The predicted octanol–water partition coefficient (Wildman–Crippen LogP) is 2.58. The lowest BCUT2D eigenvalue weighted by molar-refractivity contribution is 0.659. The summed E-state index contributed by atoms with van der Waals surface area (Å²) in [6.45, 7) is 4.51. The fourth-order valence-electron chi connectivity index (χ4n) is 2.09. The van der Waals surface area contributed by atoms with E-state index in [1.807, 2.05) is 12.1 Å². The van der Waals surface area contributed by atoms with Gasteiger partial charge in [-0.25, -0.2) is 0 Å². The molecule has 0 saturated carbocycles. The normalized spacial score (nSPS) is 20.1. The number of nitrogens with one attached hydrogen (secondary N) is 1. The van der Waals surface area contributed by atoms with E-state index in [0.29, 0.717) is 0 Å². The zero-order valence-corrected chi connectivity index (χ0v) is 10.9. The van der Waals surface area contributed by atoms with Gasteiger partial charge in [-0.2, -0.15) is 0 Å². The minimum Gasteiger partial charge on any atom is -0.384 e. The monoisotopic (exact) mass is 281 g/mol. The maximum atomic E-state index is 7.42. The molecule has 2 rings (SSSR count). The van der Waals surface area contributed by atoms with Crippen LogP contribution >= 0.6 is 15.9 Å². The van der Waals surface area contributed by atoms with Crippen LogP contribution in [0.2, 0.25) is 0 Å².